The van der Waals surface area contributed by atoms with E-state index in [1.54, 1.807) is 24.4 Å². The number of carbonyl (C=O) groups is 1. The van der Waals surface area contributed by atoms with E-state index in [1.807, 2.05) is 0 Å². The smallest absolute Gasteiger partial charge is 0.268 e. The van der Waals surface area contributed by atoms with Gasteiger partial charge in [-0.3, -0.25) is 9.89 Å². The third kappa shape index (κ3) is 2.90. The van der Waals surface area contributed by atoms with Crippen LogP contribution in [-0.4, -0.2) is 31.9 Å². The van der Waals surface area contributed by atoms with Crippen molar-refractivity contribution in [1.82, 2.24) is 19.8 Å². The maximum absolute atomic E-state index is 14.6. The summed E-state index contributed by atoms with van der Waals surface area (Å²) in [7, 11) is 0. The van der Waals surface area contributed by atoms with E-state index in [4.69, 9.17) is 11.6 Å². The average Bonchev–Trinajstić information content (AvgIpc) is 3.08. The summed E-state index contributed by atoms with van der Waals surface area (Å²) < 4.78 is 55.8. The molecule has 0 aliphatic heterocycles. The summed E-state index contributed by atoms with van der Waals surface area (Å²) in [6.07, 6.45) is -1.14. The number of rotatable bonds is 4. The van der Waals surface area contributed by atoms with Gasteiger partial charge in [-0.25, -0.2) is 22.1 Å². The molecule has 0 bridgehead atoms. The Bertz CT molecular complexity index is 1320. The first-order valence-corrected chi connectivity index (χ1v) is 9.29. The Morgan fingerprint density at radius 1 is 1.37 bits per heavy atom. The topological polar surface area (TPSA) is 75.1 Å². The predicted molar refractivity (Wildman–Crippen MR) is 102 cm³/mol. The van der Waals surface area contributed by atoms with Crippen molar-refractivity contribution in [2.45, 2.75) is 19.0 Å². The summed E-state index contributed by atoms with van der Waals surface area (Å²) in [4.78, 5) is 11.9. The predicted octanol–water partition coefficient (Wildman–Crippen LogP) is 4.90. The van der Waals surface area contributed by atoms with Crippen LogP contribution in [0.1, 0.15) is 18.4 Å². The fraction of sp³-hybridized carbons (Fsp3) is 0.211. The lowest BCUT2D eigenvalue weighted by Gasteiger charge is -2.12. The standard InChI is InChI=1S/C19H12ClF4N5O/c20-15-13(10-6-25-27-17(10)14(16(15)22)18(23)24)7-1-2-29-8(3-7)4-12(28-29)26-19(30)9-5-11(9)21/h1-4,6,9,11,18H,5H2,(H,25,27)(H,26,28,30)/t9-,11+/m1/s1. The SMILES string of the molecule is O=C(Nc1cc2cc(-c3c(Cl)c(F)c(C(F)F)c4[nH]ncc34)ccn2n1)[C@@H]1C[C@@H]1F. The number of anilines is 1. The van der Waals surface area contributed by atoms with Crippen molar-refractivity contribution in [1.29, 1.82) is 0 Å². The van der Waals surface area contributed by atoms with Gasteiger partial charge in [0.2, 0.25) is 5.91 Å². The first-order valence-electron chi connectivity index (χ1n) is 8.92. The molecule has 0 saturated heterocycles. The van der Waals surface area contributed by atoms with Gasteiger partial charge in [-0.2, -0.15) is 10.2 Å². The van der Waals surface area contributed by atoms with Gasteiger partial charge >= 0.3 is 0 Å². The van der Waals surface area contributed by atoms with Crippen molar-refractivity contribution >= 4 is 39.7 Å². The summed E-state index contributed by atoms with van der Waals surface area (Å²) in [6.45, 7) is 0. The number of hydrogen-bond donors (Lipinski definition) is 2. The monoisotopic (exact) mass is 437 g/mol. The van der Waals surface area contributed by atoms with E-state index in [0.29, 0.717) is 11.1 Å². The highest BCUT2D eigenvalue weighted by atomic mass is 35.5. The molecule has 3 aromatic heterocycles. The molecule has 1 aliphatic rings. The molecule has 3 heterocycles. The number of nitrogens with one attached hydrogen (secondary N) is 2. The van der Waals surface area contributed by atoms with E-state index < -0.39 is 40.8 Å². The van der Waals surface area contributed by atoms with E-state index in [2.05, 4.69) is 20.6 Å². The number of hydrogen-bond acceptors (Lipinski definition) is 3. The average molecular weight is 438 g/mol. The van der Waals surface area contributed by atoms with Crippen LogP contribution in [0.2, 0.25) is 5.02 Å². The Balaban J connectivity index is 1.59. The summed E-state index contributed by atoms with van der Waals surface area (Å²) in [5.74, 6) is -2.09. The molecule has 30 heavy (non-hydrogen) atoms. The molecule has 1 fully saturated rings. The number of nitrogens with zero attached hydrogens (tertiary/aromatic N) is 3. The van der Waals surface area contributed by atoms with Crippen LogP contribution in [-0.2, 0) is 4.79 Å². The summed E-state index contributed by atoms with van der Waals surface area (Å²) >= 11 is 6.13. The Morgan fingerprint density at radius 2 is 2.13 bits per heavy atom. The minimum atomic E-state index is -3.07. The quantitative estimate of drug-likeness (QED) is 0.446. The molecule has 1 aliphatic carbocycles. The van der Waals surface area contributed by atoms with Crippen LogP contribution < -0.4 is 5.32 Å². The Hall–Kier alpha value is -3.14. The van der Waals surface area contributed by atoms with Crippen LogP contribution in [0.25, 0.3) is 27.5 Å². The first-order chi connectivity index (χ1) is 14.3. The molecular weight excluding hydrogens is 426 g/mol. The highest BCUT2D eigenvalue weighted by molar-refractivity contribution is 6.35. The summed E-state index contributed by atoms with van der Waals surface area (Å²) in [5.41, 5.74) is 0.213. The number of alkyl halides is 3. The number of amides is 1. The maximum atomic E-state index is 14.6. The van der Waals surface area contributed by atoms with Gasteiger partial charge in [0.1, 0.15) is 6.17 Å². The molecule has 2 atom stereocenters. The highest BCUT2D eigenvalue weighted by Gasteiger charge is 2.43. The molecule has 11 heteroatoms. The number of aromatic amines is 1. The zero-order valence-corrected chi connectivity index (χ0v) is 15.7. The third-order valence-electron chi connectivity index (χ3n) is 5.10. The largest absolute Gasteiger partial charge is 0.309 e. The van der Waals surface area contributed by atoms with Gasteiger partial charge in [0.05, 0.1) is 33.7 Å². The fourth-order valence-corrected chi connectivity index (χ4v) is 3.80. The number of carbonyl (C=O) groups excluding carboxylic acids is 1. The molecule has 1 saturated carbocycles. The van der Waals surface area contributed by atoms with E-state index in [-0.39, 0.29) is 28.7 Å². The van der Waals surface area contributed by atoms with E-state index in [9.17, 15) is 22.4 Å². The second-order valence-electron chi connectivity index (χ2n) is 7.04. The van der Waals surface area contributed by atoms with Gasteiger partial charge in [-0.05, 0) is 24.1 Å². The number of benzene rings is 1. The first kappa shape index (κ1) is 18.9. The minimum absolute atomic E-state index is 0.131. The van der Waals surface area contributed by atoms with E-state index in [0.717, 1.165) is 0 Å². The van der Waals surface area contributed by atoms with Crippen molar-refractivity contribution in [2.75, 3.05) is 5.32 Å². The zero-order chi connectivity index (χ0) is 21.2. The summed E-state index contributed by atoms with van der Waals surface area (Å²) in [5, 5.41) is 12.7. The van der Waals surface area contributed by atoms with Gasteiger partial charge in [0.15, 0.2) is 11.6 Å². The van der Waals surface area contributed by atoms with Crippen molar-refractivity contribution in [3.8, 4) is 11.1 Å². The van der Waals surface area contributed by atoms with Crippen molar-refractivity contribution < 1.29 is 22.4 Å². The molecule has 2 N–H and O–H groups in total. The molecule has 0 radical (unpaired) electrons. The Labute approximate surface area is 170 Å². The van der Waals surface area contributed by atoms with Crippen molar-refractivity contribution in [3.05, 3.63) is 47.0 Å². The van der Waals surface area contributed by atoms with Gasteiger partial charge in [-0.15, -0.1) is 0 Å². The number of pyridine rings is 1. The van der Waals surface area contributed by atoms with E-state index in [1.165, 1.54) is 10.7 Å². The van der Waals surface area contributed by atoms with E-state index >= 15 is 0 Å². The Kier molecular flexibility index (Phi) is 4.21. The second-order valence-corrected chi connectivity index (χ2v) is 7.42. The van der Waals surface area contributed by atoms with Crippen molar-refractivity contribution in [2.24, 2.45) is 5.92 Å². The normalized spacial score (nSPS) is 18.5. The van der Waals surface area contributed by atoms with Gasteiger partial charge in [0.25, 0.3) is 6.43 Å². The van der Waals surface area contributed by atoms with Gasteiger partial charge < -0.3 is 5.32 Å². The number of halogens is 5. The van der Waals surface area contributed by atoms with Crippen LogP contribution in [0.4, 0.5) is 23.4 Å². The maximum Gasteiger partial charge on any atom is 0.268 e. The highest BCUT2D eigenvalue weighted by Crippen LogP contribution is 2.42. The molecule has 1 amide bonds. The minimum Gasteiger partial charge on any atom is -0.309 e. The molecule has 0 unspecified atom stereocenters. The lowest BCUT2D eigenvalue weighted by molar-refractivity contribution is -0.117. The van der Waals surface area contributed by atoms with Crippen LogP contribution >= 0.6 is 11.6 Å². The third-order valence-corrected chi connectivity index (χ3v) is 5.45. The van der Waals surface area contributed by atoms with Crippen molar-refractivity contribution in [3.63, 3.8) is 0 Å². The fourth-order valence-electron chi connectivity index (χ4n) is 3.49. The van der Waals surface area contributed by atoms with Gasteiger partial charge in [0, 0.05) is 23.2 Å². The zero-order valence-electron chi connectivity index (χ0n) is 15.0. The molecule has 4 aromatic rings. The van der Waals surface area contributed by atoms with Crippen LogP contribution in [0, 0.1) is 11.7 Å². The van der Waals surface area contributed by atoms with Crippen LogP contribution in [0.3, 0.4) is 0 Å². The number of H-pyrrole nitrogens is 1. The van der Waals surface area contributed by atoms with Crippen LogP contribution in [0.5, 0.6) is 0 Å². The molecule has 0 spiro atoms. The lowest BCUT2D eigenvalue weighted by atomic mass is 9.99. The number of fused-ring (bicyclic) bond motifs is 2. The van der Waals surface area contributed by atoms with Crippen LogP contribution in [0.15, 0.2) is 30.6 Å². The summed E-state index contributed by atoms with van der Waals surface area (Å²) in [6, 6.07) is 4.76. The van der Waals surface area contributed by atoms with Gasteiger partial charge in [-0.1, -0.05) is 11.6 Å². The second kappa shape index (κ2) is 6.69. The number of aromatic nitrogens is 4. The Morgan fingerprint density at radius 3 is 2.83 bits per heavy atom. The molecule has 154 valence electrons. The molecule has 1 aromatic carbocycles. The molecule has 6 nitrogen and oxygen atoms in total. The molecular formula is C19H12ClF4N5O. The lowest BCUT2D eigenvalue weighted by Crippen LogP contribution is -2.15. The molecule has 5 rings (SSSR count).